The molecule has 0 fully saturated rings. The van der Waals surface area contributed by atoms with Crippen LogP contribution in [0.15, 0.2) is 35.4 Å². The largest absolute Gasteiger partial charge is 0.451 e. The molecule has 94 valence electrons. The van der Waals surface area contributed by atoms with Gasteiger partial charge in [-0.05, 0) is 19.1 Å². The molecule has 6 nitrogen and oxygen atoms in total. The lowest BCUT2D eigenvalue weighted by Crippen LogP contribution is -2.17. The standard InChI is InChI=1S/C12H14N4O2/c1-3-16(2)11-5-4-9(6-13-11)15-12(17)10-7-18-8-14-10/h4-8H,3H2,1-2H3,(H,15,17). The zero-order valence-electron chi connectivity index (χ0n) is 10.3. The molecular formula is C12H14N4O2. The van der Waals surface area contributed by atoms with Crippen LogP contribution in [0.4, 0.5) is 11.5 Å². The highest BCUT2D eigenvalue weighted by Gasteiger charge is 2.09. The SMILES string of the molecule is CCN(C)c1ccc(NC(=O)c2cocn2)cn1. The number of nitrogens with zero attached hydrogens (tertiary/aromatic N) is 3. The number of anilines is 2. The average Bonchev–Trinajstić information content (AvgIpc) is 2.92. The minimum atomic E-state index is -0.317. The monoisotopic (exact) mass is 246 g/mol. The molecule has 1 amide bonds. The molecule has 2 aromatic heterocycles. The van der Waals surface area contributed by atoms with E-state index >= 15 is 0 Å². The van der Waals surface area contributed by atoms with Crippen molar-refractivity contribution in [1.29, 1.82) is 0 Å². The van der Waals surface area contributed by atoms with Gasteiger partial charge in [0.25, 0.3) is 5.91 Å². The molecular weight excluding hydrogens is 232 g/mol. The van der Waals surface area contributed by atoms with E-state index in [9.17, 15) is 4.79 Å². The topological polar surface area (TPSA) is 71.3 Å². The van der Waals surface area contributed by atoms with Gasteiger partial charge >= 0.3 is 0 Å². The first-order chi connectivity index (χ1) is 8.70. The lowest BCUT2D eigenvalue weighted by molar-refractivity contribution is 0.102. The van der Waals surface area contributed by atoms with Crippen molar-refractivity contribution >= 4 is 17.4 Å². The zero-order valence-corrected chi connectivity index (χ0v) is 10.3. The van der Waals surface area contributed by atoms with Crippen molar-refractivity contribution in [3.63, 3.8) is 0 Å². The van der Waals surface area contributed by atoms with Crippen molar-refractivity contribution in [1.82, 2.24) is 9.97 Å². The van der Waals surface area contributed by atoms with Gasteiger partial charge in [0, 0.05) is 13.6 Å². The molecule has 0 aliphatic rings. The van der Waals surface area contributed by atoms with Crippen molar-refractivity contribution in [3.8, 4) is 0 Å². The van der Waals surface area contributed by atoms with E-state index in [1.165, 1.54) is 12.7 Å². The third-order valence-electron chi connectivity index (χ3n) is 2.54. The molecule has 0 aromatic carbocycles. The molecule has 0 radical (unpaired) electrons. The van der Waals surface area contributed by atoms with Crippen LogP contribution in [0.1, 0.15) is 17.4 Å². The van der Waals surface area contributed by atoms with E-state index in [2.05, 4.69) is 15.3 Å². The van der Waals surface area contributed by atoms with Gasteiger partial charge in [-0.25, -0.2) is 9.97 Å². The first-order valence-corrected chi connectivity index (χ1v) is 5.57. The Labute approximate surface area is 105 Å². The second-order valence-corrected chi connectivity index (χ2v) is 3.75. The predicted molar refractivity (Wildman–Crippen MR) is 67.6 cm³/mol. The van der Waals surface area contributed by atoms with Crippen LogP contribution < -0.4 is 10.2 Å². The quantitative estimate of drug-likeness (QED) is 0.890. The van der Waals surface area contributed by atoms with Crippen molar-refractivity contribution in [3.05, 3.63) is 36.7 Å². The number of rotatable bonds is 4. The van der Waals surface area contributed by atoms with E-state index < -0.39 is 0 Å². The van der Waals surface area contributed by atoms with Gasteiger partial charge in [0.15, 0.2) is 12.1 Å². The van der Waals surface area contributed by atoms with E-state index in [1.807, 2.05) is 24.9 Å². The second-order valence-electron chi connectivity index (χ2n) is 3.75. The summed E-state index contributed by atoms with van der Waals surface area (Å²) in [6.07, 6.45) is 4.12. The second kappa shape index (κ2) is 5.31. The molecule has 0 spiro atoms. The van der Waals surface area contributed by atoms with Crippen LogP contribution in [0, 0.1) is 0 Å². The lowest BCUT2D eigenvalue weighted by Gasteiger charge is -2.15. The molecule has 6 heteroatoms. The van der Waals surface area contributed by atoms with Gasteiger partial charge in [-0.3, -0.25) is 4.79 Å². The van der Waals surface area contributed by atoms with E-state index in [1.54, 1.807) is 12.3 Å². The summed E-state index contributed by atoms with van der Waals surface area (Å²) in [6.45, 7) is 2.92. The number of hydrogen-bond donors (Lipinski definition) is 1. The number of carbonyl (C=O) groups is 1. The summed E-state index contributed by atoms with van der Waals surface area (Å²) in [6, 6.07) is 3.65. The Morgan fingerprint density at radius 1 is 1.44 bits per heavy atom. The first kappa shape index (κ1) is 12.1. The highest BCUT2D eigenvalue weighted by Crippen LogP contribution is 2.13. The molecule has 0 bridgehead atoms. The van der Waals surface area contributed by atoms with Gasteiger partial charge in [0.05, 0.1) is 11.9 Å². The molecule has 2 heterocycles. The third-order valence-corrected chi connectivity index (χ3v) is 2.54. The maximum absolute atomic E-state index is 11.7. The fourth-order valence-corrected chi connectivity index (χ4v) is 1.37. The van der Waals surface area contributed by atoms with Crippen LogP contribution in [0.2, 0.25) is 0 Å². The maximum atomic E-state index is 11.7. The van der Waals surface area contributed by atoms with E-state index in [4.69, 9.17) is 4.42 Å². The van der Waals surface area contributed by atoms with E-state index in [-0.39, 0.29) is 11.6 Å². The normalized spacial score (nSPS) is 10.1. The Kier molecular flexibility index (Phi) is 3.57. The van der Waals surface area contributed by atoms with Gasteiger partial charge in [0.1, 0.15) is 12.1 Å². The fraction of sp³-hybridized carbons (Fsp3) is 0.250. The number of aromatic nitrogens is 2. The predicted octanol–water partition coefficient (Wildman–Crippen LogP) is 1.78. The molecule has 0 aliphatic carbocycles. The Morgan fingerprint density at radius 3 is 2.83 bits per heavy atom. The number of carbonyl (C=O) groups excluding carboxylic acids is 1. The van der Waals surface area contributed by atoms with E-state index in [0.717, 1.165) is 12.4 Å². The van der Waals surface area contributed by atoms with Crippen LogP contribution in [0.3, 0.4) is 0 Å². The van der Waals surface area contributed by atoms with Gasteiger partial charge in [0.2, 0.25) is 0 Å². The van der Waals surface area contributed by atoms with Crippen molar-refractivity contribution < 1.29 is 9.21 Å². The van der Waals surface area contributed by atoms with Crippen LogP contribution >= 0.6 is 0 Å². The Bertz CT molecular complexity index is 507. The third kappa shape index (κ3) is 2.65. The van der Waals surface area contributed by atoms with Crippen LogP contribution in [0.5, 0.6) is 0 Å². The van der Waals surface area contributed by atoms with Crippen molar-refractivity contribution in [2.45, 2.75) is 6.92 Å². The molecule has 0 atom stereocenters. The Morgan fingerprint density at radius 2 is 2.28 bits per heavy atom. The molecule has 18 heavy (non-hydrogen) atoms. The first-order valence-electron chi connectivity index (χ1n) is 5.57. The van der Waals surface area contributed by atoms with Gasteiger partial charge < -0.3 is 14.6 Å². The summed E-state index contributed by atoms with van der Waals surface area (Å²) >= 11 is 0. The summed E-state index contributed by atoms with van der Waals surface area (Å²) in [4.78, 5) is 21.7. The average molecular weight is 246 g/mol. The smallest absolute Gasteiger partial charge is 0.277 e. The van der Waals surface area contributed by atoms with Crippen LogP contribution in [0.25, 0.3) is 0 Å². The maximum Gasteiger partial charge on any atom is 0.277 e. The molecule has 2 rings (SSSR count). The number of nitrogens with one attached hydrogen (secondary N) is 1. The zero-order chi connectivity index (χ0) is 13.0. The van der Waals surface area contributed by atoms with Crippen molar-refractivity contribution in [2.75, 3.05) is 23.8 Å². The molecule has 1 N–H and O–H groups in total. The van der Waals surface area contributed by atoms with Crippen LogP contribution in [-0.2, 0) is 0 Å². The Balaban J connectivity index is 2.04. The summed E-state index contributed by atoms with van der Waals surface area (Å²) in [5.41, 5.74) is 0.862. The van der Waals surface area contributed by atoms with Gasteiger partial charge in [-0.1, -0.05) is 0 Å². The minimum absolute atomic E-state index is 0.241. The van der Waals surface area contributed by atoms with Crippen molar-refractivity contribution in [2.24, 2.45) is 0 Å². The lowest BCUT2D eigenvalue weighted by atomic mass is 10.3. The summed E-state index contributed by atoms with van der Waals surface area (Å²) in [5.74, 6) is 0.541. The summed E-state index contributed by atoms with van der Waals surface area (Å²) < 4.78 is 4.74. The number of pyridine rings is 1. The highest BCUT2D eigenvalue weighted by atomic mass is 16.3. The van der Waals surface area contributed by atoms with Gasteiger partial charge in [-0.2, -0.15) is 0 Å². The summed E-state index contributed by atoms with van der Waals surface area (Å²) in [5, 5.41) is 2.69. The van der Waals surface area contributed by atoms with Crippen LogP contribution in [-0.4, -0.2) is 29.5 Å². The highest BCUT2D eigenvalue weighted by molar-refractivity contribution is 6.02. The molecule has 0 aliphatic heterocycles. The molecule has 0 unspecified atom stereocenters. The molecule has 2 aromatic rings. The number of hydrogen-bond acceptors (Lipinski definition) is 5. The number of amides is 1. The van der Waals surface area contributed by atoms with E-state index in [0.29, 0.717) is 5.69 Å². The Hall–Kier alpha value is -2.37. The van der Waals surface area contributed by atoms with Gasteiger partial charge in [-0.15, -0.1) is 0 Å². The fourth-order valence-electron chi connectivity index (χ4n) is 1.37. The minimum Gasteiger partial charge on any atom is -0.451 e. The summed E-state index contributed by atoms with van der Waals surface area (Å²) in [7, 11) is 1.95. The molecule has 0 saturated heterocycles. The number of oxazole rings is 1. The molecule has 0 saturated carbocycles.